The first-order valence-electron chi connectivity index (χ1n) is 6.22. The number of amides is 1. The Labute approximate surface area is 115 Å². The Bertz CT molecular complexity index is 759. The summed E-state index contributed by atoms with van der Waals surface area (Å²) in [4.78, 5) is 34.7. The Morgan fingerprint density at radius 1 is 1.20 bits per heavy atom. The maximum Gasteiger partial charge on any atom is 0.320 e. The fourth-order valence-corrected chi connectivity index (χ4v) is 1.93. The first-order valence-corrected chi connectivity index (χ1v) is 6.22. The number of hydrogen-bond acceptors (Lipinski definition) is 3. The van der Waals surface area contributed by atoms with Crippen LogP contribution in [0.4, 0.5) is 0 Å². The zero-order chi connectivity index (χ0) is 14.7. The molecule has 1 amide bonds. The van der Waals surface area contributed by atoms with Gasteiger partial charge >= 0.3 is 11.1 Å². The van der Waals surface area contributed by atoms with E-state index in [0.717, 1.165) is 16.6 Å². The van der Waals surface area contributed by atoms with Gasteiger partial charge in [-0.3, -0.25) is 23.5 Å². The molecule has 6 heteroatoms. The molecule has 0 aliphatic carbocycles. The zero-order valence-corrected chi connectivity index (χ0v) is 11.1. The normalized spacial score (nSPS) is 10.4. The molecule has 0 saturated carbocycles. The summed E-state index contributed by atoms with van der Waals surface area (Å²) in [6.45, 7) is 1.70. The van der Waals surface area contributed by atoms with E-state index >= 15 is 0 Å². The lowest BCUT2D eigenvalue weighted by atomic mass is 10.1. The smallest absolute Gasteiger partial charge is 0.320 e. The van der Waals surface area contributed by atoms with Crippen LogP contribution in [0.3, 0.4) is 0 Å². The molecule has 0 aliphatic heterocycles. The highest BCUT2D eigenvalue weighted by Crippen LogP contribution is 2.08. The van der Waals surface area contributed by atoms with Crippen LogP contribution in [0.1, 0.15) is 12.5 Å². The van der Waals surface area contributed by atoms with E-state index in [1.165, 1.54) is 17.0 Å². The molecular formula is C14H15N3O3. The van der Waals surface area contributed by atoms with Crippen molar-refractivity contribution in [3.05, 3.63) is 62.9 Å². The number of benzene rings is 1. The molecule has 2 N–H and O–H groups in total. The highest BCUT2D eigenvalue weighted by molar-refractivity contribution is 5.73. The lowest BCUT2D eigenvalue weighted by molar-refractivity contribution is -0.118. The van der Waals surface area contributed by atoms with Crippen LogP contribution < -0.4 is 16.9 Å². The summed E-state index contributed by atoms with van der Waals surface area (Å²) in [5, 5.41) is 0. The third-order valence-corrected chi connectivity index (χ3v) is 2.98. The van der Waals surface area contributed by atoms with Crippen LogP contribution in [-0.2, 0) is 17.8 Å². The van der Waals surface area contributed by atoms with Gasteiger partial charge in [0.1, 0.15) is 6.54 Å². The van der Waals surface area contributed by atoms with Crippen LogP contribution in [0.25, 0.3) is 5.69 Å². The quantitative estimate of drug-likeness (QED) is 0.798. The first kappa shape index (κ1) is 13.8. The highest BCUT2D eigenvalue weighted by atomic mass is 16.2. The van der Waals surface area contributed by atoms with Crippen molar-refractivity contribution in [1.82, 2.24) is 9.13 Å². The average molecular weight is 273 g/mol. The molecule has 0 aliphatic rings. The van der Waals surface area contributed by atoms with Gasteiger partial charge in [0.25, 0.3) is 0 Å². The van der Waals surface area contributed by atoms with Crippen molar-refractivity contribution in [3.8, 4) is 5.69 Å². The molecule has 0 atom stereocenters. The molecule has 2 rings (SSSR count). The van der Waals surface area contributed by atoms with Gasteiger partial charge in [0.15, 0.2) is 0 Å². The number of hydrogen-bond donors (Lipinski definition) is 1. The van der Waals surface area contributed by atoms with Gasteiger partial charge in [-0.2, -0.15) is 0 Å². The SMILES string of the molecule is CCc1cccc(-n2ccn(CC(N)=O)c(=O)c2=O)c1. The molecule has 0 unspecified atom stereocenters. The number of aromatic nitrogens is 2. The second-order valence-electron chi connectivity index (χ2n) is 4.40. The monoisotopic (exact) mass is 273 g/mol. The van der Waals surface area contributed by atoms with Crippen LogP contribution in [0.2, 0.25) is 0 Å². The molecule has 0 saturated heterocycles. The van der Waals surface area contributed by atoms with Crippen molar-refractivity contribution < 1.29 is 4.79 Å². The number of primary amides is 1. The van der Waals surface area contributed by atoms with Crippen molar-refractivity contribution in [1.29, 1.82) is 0 Å². The predicted molar refractivity (Wildman–Crippen MR) is 74.9 cm³/mol. The first-order chi connectivity index (χ1) is 9.52. The molecule has 0 radical (unpaired) electrons. The van der Waals surface area contributed by atoms with E-state index in [2.05, 4.69) is 0 Å². The van der Waals surface area contributed by atoms with E-state index in [9.17, 15) is 14.4 Å². The summed E-state index contributed by atoms with van der Waals surface area (Å²) < 4.78 is 2.27. The summed E-state index contributed by atoms with van der Waals surface area (Å²) >= 11 is 0. The van der Waals surface area contributed by atoms with Gasteiger partial charge in [0.2, 0.25) is 5.91 Å². The molecular weight excluding hydrogens is 258 g/mol. The molecule has 1 heterocycles. The molecule has 1 aromatic carbocycles. The predicted octanol–water partition coefficient (Wildman–Crippen LogP) is 0.0469. The Hall–Kier alpha value is -2.63. The van der Waals surface area contributed by atoms with Gasteiger partial charge in [-0.05, 0) is 24.1 Å². The number of carbonyl (C=O) groups is 1. The van der Waals surface area contributed by atoms with Crippen molar-refractivity contribution >= 4 is 5.91 Å². The van der Waals surface area contributed by atoms with Gasteiger partial charge in [0, 0.05) is 18.1 Å². The van der Waals surface area contributed by atoms with Crippen molar-refractivity contribution in [2.75, 3.05) is 0 Å². The molecule has 0 bridgehead atoms. The third-order valence-electron chi connectivity index (χ3n) is 2.98. The largest absolute Gasteiger partial charge is 0.368 e. The maximum atomic E-state index is 12.0. The zero-order valence-electron chi connectivity index (χ0n) is 11.1. The Balaban J connectivity index is 2.54. The second-order valence-corrected chi connectivity index (χ2v) is 4.40. The Morgan fingerprint density at radius 2 is 1.95 bits per heavy atom. The summed E-state index contributed by atoms with van der Waals surface area (Å²) in [6, 6.07) is 7.37. The van der Waals surface area contributed by atoms with Crippen LogP contribution in [0.15, 0.2) is 46.2 Å². The van der Waals surface area contributed by atoms with Gasteiger partial charge in [0.05, 0.1) is 0 Å². The average Bonchev–Trinajstić information content (AvgIpc) is 2.44. The van der Waals surface area contributed by atoms with Crippen molar-refractivity contribution in [3.63, 3.8) is 0 Å². The van der Waals surface area contributed by atoms with E-state index in [-0.39, 0.29) is 6.54 Å². The van der Waals surface area contributed by atoms with Crippen LogP contribution in [0.5, 0.6) is 0 Å². The molecule has 2 aromatic rings. The van der Waals surface area contributed by atoms with E-state index in [4.69, 9.17) is 5.73 Å². The van der Waals surface area contributed by atoms with Crippen molar-refractivity contribution in [2.24, 2.45) is 5.73 Å². The lowest BCUT2D eigenvalue weighted by Gasteiger charge is -2.08. The third kappa shape index (κ3) is 2.69. The van der Waals surface area contributed by atoms with Crippen LogP contribution >= 0.6 is 0 Å². The maximum absolute atomic E-state index is 12.0. The molecule has 20 heavy (non-hydrogen) atoms. The summed E-state index contributed by atoms with van der Waals surface area (Å²) in [6.07, 6.45) is 3.68. The van der Waals surface area contributed by atoms with Gasteiger partial charge in [-0.15, -0.1) is 0 Å². The number of nitrogens with two attached hydrogens (primary N) is 1. The minimum absolute atomic E-state index is 0.302. The summed E-state index contributed by atoms with van der Waals surface area (Å²) in [5.41, 5.74) is 5.23. The fourth-order valence-electron chi connectivity index (χ4n) is 1.93. The van der Waals surface area contributed by atoms with E-state index in [1.807, 2.05) is 25.1 Å². The van der Waals surface area contributed by atoms with Gasteiger partial charge in [-0.25, -0.2) is 0 Å². The Kier molecular flexibility index (Phi) is 3.84. The lowest BCUT2D eigenvalue weighted by Crippen LogP contribution is -2.41. The van der Waals surface area contributed by atoms with Crippen LogP contribution in [-0.4, -0.2) is 15.0 Å². The highest BCUT2D eigenvalue weighted by Gasteiger charge is 2.08. The topological polar surface area (TPSA) is 87.1 Å². The van der Waals surface area contributed by atoms with Crippen LogP contribution in [0, 0.1) is 0 Å². The Morgan fingerprint density at radius 3 is 2.60 bits per heavy atom. The number of nitrogens with zero attached hydrogens (tertiary/aromatic N) is 2. The molecule has 6 nitrogen and oxygen atoms in total. The fraction of sp³-hybridized carbons (Fsp3) is 0.214. The second kappa shape index (κ2) is 5.56. The van der Waals surface area contributed by atoms with Gasteiger partial charge in [-0.1, -0.05) is 19.1 Å². The van der Waals surface area contributed by atoms with Gasteiger partial charge < -0.3 is 5.73 Å². The molecule has 0 fully saturated rings. The van der Waals surface area contributed by atoms with E-state index in [1.54, 1.807) is 6.07 Å². The number of aryl methyl sites for hydroxylation is 1. The molecule has 1 aromatic heterocycles. The van der Waals surface area contributed by atoms with Crippen molar-refractivity contribution in [2.45, 2.75) is 19.9 Å². The molecule has 104 valence electrons. The number of rotatable bonds is 4. The standard InChI is InChI=1S/C14H15N3O3/c1-2-10-4-3-5-11(8-10)17-7-6-16(9-12(15)18)13(19)14(17)20/h3-8H,2,9H2,1H3,(H2,15,18). The van der Waals surface area contributed by atoms with E-state index in [0.29, 0.717) is 5.69 Å². The molecule has 0 spiro atoms. The summed E-state index contributed by atoms with van der Waals surface area (Å²) in [5.74, 6) is -0.669. The minimum Gasteiger partial charge on any atom is -0.368 e. The van der Waals surface area contributed by atoms with E-state index < -0.39 is 17.0 Å². The minimum atomic E-state index is -0.770. The summed E-state index contributed by atoms with van der Waals surface area (Å²) in [7, 11) is 0. The number of carbonyl (C=O) groups excluding carboxylic acids is 1.